The Labute approximate surface area is 128 Å². The molecule has 1 aliphatic rings. The Hall–Kier alpha value is -0.0800. The molecule has 0 bridgehead atoms. The van der Waals surface area contributed by atoms with Crippen LogP contribution in [0.1, 0.15) is 13.8 Å². The van der Waals surface area contributed by atoms with Crippen LogP contribution in [0.25, 0.3) is 0 Å². The van der Waals surface area contributed by atoms with Gasteiger partial charge in [0.15, 0.2) is 5.96 Å². The van der Waals surface area contributed by atoms with Crippen LogP contribution in [0.5, 0.6) is 0 Å². The first-order valence-electron chi connectivity index (χ1n) is 6.36. The lowest BCUT2D eigenvalue weighted by atomic mass is 10.2. The fourth-order valence-electron chi connectivity index (χ4n) is 1.72. The first-order chi connectivity index (χ1) is 8.11. The van der Waals surface area contributed by atoms with E-state index in [4.69, 9.17) is 4.74 Å². The summed E-state index contributed by atoms with van der Waals surface area (Å²) in [4.78, 5) is 6.48. The van der Waals surface area contributed by atoms with E-state index in [0.29, 0.717) is 5.92 Å². The molecule has 0 aromatic carbocycles. The Morgan fingerprint density at radius 2 is 2.17 bits per heavy atom. The van der Waals surface area contributed by atoms with Crippen LogP contribution >= 0.6 is 24.0 Å². The van der Waals surface area contributed by atoms with Crippen molar-refractivity contribution in [3.05, 3.63) is 0 Å². The van der Waals surface area contributed by atoms with E-state index in [2.05, 4.69) is 41.4 Å². The highest BCUT2D eigenvalue weighted by Gasteiger charge is 2.17. The second-order valence-corrected chi connectivity index (χ2v) is 4.98. The molecule has 18 heavy (non-hydrogen) atoms. The van der Waals surface area contributed by atoms with Crippen molar-refractivity contribution in [2.24, 2.45) is 10.9 Å². The Bertz CT molecular complexity index is 248. The zero-order chi connectivity index (χ0) is 12.7. The normalized spacial score (nSPS) is 21.6. The summed E-state index contributed by atoms with van der Waals surface area (Å²) >= 11 is 0. The number of guanidine groups is 1. The van der Waals surface area contributed by atoms with Crippen LogP contribution < -0.4 is 10.6 Å². The fourth-order valence-corrected chi connectivity index (χ4v) is 1.72. The van der Waals surface area contributed by atoms with Gasteiger partial charge >= 0.3 is 0 Å². The maximum absolute atomic E-state index is 5.68. The molecule has 6 heteroatoms. The molecule has 1 saturated heterocycles. The van der Waals surface area contributed by atoms with Crippen LogP contribution in [0.4, 0.5) is 0 Å². The molecule has 0 aromatic heterocycles. The number of morpholine rings is 1. The third kappa shape index (κ3) is 7.38. The van der Waals surface area contributed by atoms with Crippen molar-refractivity contribution in [1.82, 2.24) is 15.5 Å². The number of likely N-dealkylation sites (N-methyl/N-ethyl adjacent to an activating group) is 1. The smallest absolute Gasteiger partial charge is 0.191 e. The third-order valence-electron chi connectivity index (χ3n) is 2.74. The zero-order valence-electron chi connectivity index (χ0n) is 11.9. The number of nitrogens with zero attached hydrogens (tertiary/aromatic N) is 2. The molecule has 1 fully saturated rings. The minimum atomic E-state index is 0. The number of hydrogen-bond donors (Lipinski definition) is 2. The lowest BCUT2D eigenvalue weighted by Crippen LogP contribution is -2.48. The Kier molecular flexibility index (Phi) is 9.76. The van der Waals surface area contributed by atoms with Gasteiger partial charge < -0.3 is 20.3 Å². The standard InChI is InChI=1S/C12H26N4O.HI/c1-10(2)7-14-12(13-3)15-8-11-9-16(4)5-6-17-11;/h10-11H,5-9H2,1-4H3,(H2,13,14,15);1H. The third-order valence-corrected chi connectivity index (χ3v) is 2.74. The van der Waals surface area contributed by atoms with Crippen molar-refractivity contribution in [3.63, 3.8) is 0 Å². The Balaban J connectivity index is 0.00000289. The van der Waals surface area contributed by atoms with Gasteiger partial charge in [-0.1, -0.05) is 13.8 Å². The highest BCUT2D eigenvalue weighted by molar-refractivity contribution is 14.0. The van der Waals surface area contributed by atoms with Crippen molar-refractivity contribution in [1.29, 1.82) is 0 Å². The van der Waals surface area contributed by atoms with E-state index in [0.717, 1.165) is 38.7 Å². The maximum atomic E-state index is 5.68. The van der Waals surface area contributed by atoms with Gasteiger partial charge in [-0.15, -0.1) is 24.0 Å². The minimum Gasteiger partial charge on any atom is -0.374 e. The Morgan fingerprint density at radius 3 is 2.72 bits per heavy atom. The number of halogens is 1. The average molecular weight is 370 g/mol. The van der Waals surface area contributed by atoms with Gasteiger partial charge in [0, 0.05) is 33.2 Å². The molecule has 1 atom stereocenters. The van der Waals surface area contributed by atoms with Gasteiger partial charge in [0.05, 0.1) is 12.7 Å². The van der Waals surface area contributed by atoms with Gasteiger partial charge in [-0.3, -0.25) is 4.99 Å². The van der Waals surface area contributed by atoms with Crippen LogP contribution in [0.15, 0.2) is 4.99 Å². The van der Waals surface area contributed by atoms with Crippen LogP contribution in [-0.2, 0) is 4.74 Å². The van der Waals surface area contributed by atoms with E-state index < -0.39 is 0 Å². The molecule has 0 aromatic rings. The molecule has 0 saturated carbocycles. The SMILES string of the molecule is CN=C(NCC(C)C)NCC1CN(C)CCO1.I. The van der Waals surface area contributed by atoms with Gasteiger partial charge in [-0.05, 0) is 13.0 Å². The summed E-state index contributed by atoms with van der Waals surface area (Å²) in [5.41, 5.74) is 0. The van der Waals surface area contributed by atoms with E-state index in [-0.39, 0.29) is 30.1 Å². The van der Waals surface area contributed by atoms with Gasteiger partial charge in [-0.2, -0.15) is 0 Å². The summed E-state index contributed by atoms with van der Waals surface area (Å²) in [5, 5.41) is 6.59. The zero-order valence-corrected chi connectivity index (χ0v) is 14.2. The van der Waals surface area contributed by atoms with E-state index in [1.165, 1.54) is 0 Å². The largest absolute Gasteiger partial charge is 0.374 e. The van der Waals surface area contributed by atoms with Crippen LogP contribution in [0.2, 0.25) is 0 Å². The number of aliphatic imine (C=N–C) groups is 1. The molecule has 0 amide bonds. The molecule has 1 aliphatic heterocycles. The highest BCUT2D eigenvalue weighted by atomic mass is 127. The van der Waals surface area contributed by atoms with Crippen LogP contribution in [-0.4, -0.2) is 63.8 Å². The quantitative estimate of drug-likeness (QED) is 0.436. The summed E-state index contributed by atoms with van der Waals surface area (Å²) < 4.78 is 5.68. The molecule has 0 spiro atoms. The van der Waals surface area contributed by atoms with E-state index >= 15 is 0 Å². The summed E-state index contributed by atoms with van der Waals surface area (Å²) in [6.45, 7) is 8.93. The first-order valence-corrected chi connectivity index (χ1v) is 6.36. The van der Waals surface area contributed by atoms with Crippen molar-refractivity contribution < 1.29 is 4.74 Å². The number of ether oxygens (including phenoxy) is 1. The van der Waals surface area contributed by atoms with Gasteiger partial charge in [0.25, 0.3) is 0 Å². The maximum Gasteiger partial charge on any atom is 0.191 e. The molecule has 5 nitrogen and oxygen atoms in total. The first kappa shape index (κ1) is 17.9. The highest BCUT2D eigenvalue weighted by Crippen LogP contribution is 2.01. The van der Waals surface area contributed by atoms with Gasteiger partial charge in [0.1, 0.15) is 0 Å². The molecule has 0 aliphatic carbocycles. The molecule has 0 radical (unpaired) electrons. The second kappa shape index (κ2) is 9.80. The monoisotopic (exact) mass is 370 g/mol. The molecule has 1 rings (SSSR count). The van der Waals surface area contributed by atoms with E-state index in [1.54, 1.807) is 7.05 Å². The number of rotatable bonds is 4. The Morgan fingerprint density at radius 1 is 1.44 bits per heavy atom. The summed E-state index contributed by atoms with van der Waals surface area (Å²) in [6, 6.07) is 0. The van der Waals surface area contributed by atoms with Gasteiger partial charge in [-0.25, -0.2) is 0 Å². The van der Waals surface area contributed by atoms with Crippen LogP contribution in [0.3, 0.4) is 0 Å². The summed E-state index contributed by atoms with van der Waals surface area (Å²) in [5.74, 6) is 1.47. The summed E-state index contributed by atoms with van der Waals surface area (Å²) in [7, 11) is 3.92. The minimum absolute atomic E-state index is 0. The number of nitrogens with one attached hydrogen (secondary N) is 2. The topological polar surface area (TPSA) is 48.9 Å². The molecule has 1 heterocycles. The van der Waals surface area contributed by atoms with Crippen molar-refractivity contribution in [2.75, 3.05) is 46.9 Å². The predicted molar refractivity (Wildman–Crippen MR) is 86.9 cm³/mol. The second-order valence-electron chi connectivity index (χ2n) is 4.98. The summed E-state index contributed by atoms with van der Waals surface area (Å²) in [6.07, 6.45) is 0.256. The van der Waals surface area contributed by atoms with Crippen molar-refractivity contribution in [3.8, 4) is 0 Å². The molecular formula is C12H27IN4O. The molecular weight excluding hydrogens is 343 g/mol. The molecule has 2 N–H and O–H groups in total. The average Bonchev–Trinajstić information content (AvgIpc) is 2.29. The molecule has 1 unspecified atom stereocenters. The van der Waals surface area contributed by atoms with Crippen LogP contribution in [0, 0.1) is 5.92 Å². The predicted octanol–water partition coefficient (Wildman–Crippen LogP) is 0.756. The lowest BCUT2D eigenvalue weighted by molar-refractivity contribution is -0.0161. The molecule has 108 valence electrons. The van der Waals surface area contributed by atoms with Crippen molar-refractivity contribution in [2.45, 2.75) is 20.0 Å². The number of hydrogen-bond acceptors (Lipinski definition) is 3. The lowest BCUT2D eigenvalue weighted by Gasteiger charge is -2.30. The van der Waals surface area contributed by atoms with Crippen molar-refractivity contribution >= 4 is 29.9 Å². The van der Waals surface area contributed by atoms with E-state index in [9.17, 15) is 0 Å². The van der Waals surface area contributed by atoms with Gasteiger partial charge in [0.2, 0.25) is 0 Å². The van der Waals surface area contributed by atoms with E-state index in [1.807, 2.05) is 0 Å². The fraction of sp³-hybridized carbons (Fsp3) is 0.917.